The van der Waals surface area contributed by atoms with Gasteiger partial charge in [0.2, 0.25) is 0 Å². The molecule has 7 heteroatoms. The molecule has 1 aliphatic rings. The Kier molecular flexibility index (Phi) is 7.39. The van der Waals surface area contributed by atoms with Crippen LogP contribution in [0.15, 0.2) is 41.3 Å². The minimum absolute atomic E-state index is 0.0909. The fourth-order valence-corrected chi connectivity index (χ4v) is 3.99. The van der Waals surface area contributed by atoms with E-state index in [4.69, 9.17) is 26.4 Å². The highest BCUT2D eigenvalue weighted by molar-refractivity contribution is 8.26. The van der Waals surface area contributed by atoms with Gasteiger partial charge in [0.05, 0.1) is 11.5 Å². The minimum Gasteiger partial charge on any atom is -0.490 e. The number of amides is 1. The van der Waals surface area contributed by atoms with Gasteiger partial charge in [-0.1, -0.05) is 36.1 Å². The summed E-state index contributed by atoms with van der Waals surface area (Å²) in [6.45, 7) is 7.38. The lowest BCUT2D eigenvalue weighted by atomic mass is 10.1. The van der Waals surface area contributed by atoms with E-state index in [1.165, 1.54) is 27.8 Å². The van der Waals surface area contributed by atoms with Crippen LogP contribution in [0.3, 0.4) is 0 Å². The molecule has 0 atom stereocenters. The average molecular weight is 444 g/mol. The first-order chi connectivity index (χ1) is 14.4. The summed E-state index contributed by atoms with van der Waals surface area (Å²) in [5.74, 6) is 2.01. The molecular weight excluding hydrogens is 418 g/mol. The van der Waals surface area contributed by atoms with Crippen molar-refractivity contribution in [3.8, 4) is 17.2 Å². The Morgan fingerprint density at radius 3 is 2.43 bits per heavy atom. The Labute approximate surface area is 187 Å². The van der Waals surface area contributed by atoms with Crippen LogP contribution >= 0.6 is 24.0 Å². The second-order valence-electron chi connectivity index (χ2n) is 6.82. The van der Waals surface area contributed by atoms with E-state index in [0.717, 1.165) is 11.3 Å². The molecule has 158 valence electrons. The molecule has 0 saturated carbocycles. The van der Waals surface area contributed by atoms with Gasteiger partial charge in [0.25, 0.3) is 5.91 Å². The number of hydrogen-bond acceptors (Lipinski definition) is 6. The van der Waals surface area contributed by atoms with Crippen molar-refractivity contribution in [2.75, 3.05) is 26.9 Å². The Morgan fingerprint density at radius 2 is 1.77 bits per heavy atom. The Bertz CT molecular complexity index is 987. The number of aryl methyl sites for hydroxylation is 2. The van der Waals surface area contributed by atoms with Gasteiger partial charge in [-0.05, 0) is 67.8 Å². The molecule has 3 rings (SSSR count). The summed E-state index contributed by atoms with van der Waals surface area (Å²) in [6, 6.07) is 11.6. The van der Waals surface area contributed by atoms with E-state index in [0.29, 0.717) is 40.5 Å². The lowest BCUT2D eigenvalue weighted by Crippen LogP contribution is -2.22. The Morgan fingerprint density at radius 1 is 1.00 bits per heavy atom. The zero-order valence-electron chi connectivity index (χ0n) is 17.6. The van der Waals surface area contributed by atoms with E-state index in [1.54, 1.807) is 7.05 Å². The fourth-order valence-electron chi connectivity index (χ4n) is 2.81. The highest BCUT2D eigenvalue weighted by Crippen LogP contribution is 2.34. The first kappa shape index (κ1) is 22.2. The van der Waals surface area contributed by atoms with Gasteiger partial charge in [0, 0.05) is 7.05 Å². The van der Waals surface area contributed by atoms with Crippen molar-refractivity contribution in [2.45, 2.75) is 20.8 Å². The Hall–Kier alpha value is -2.51. The van der Waals surface area contributed by atoms with Crippen molar-refractivity contribution < 1.29 is 19.0 Å². The highest BCUT2D eigenvalue weighted by atomic mass is 32.2. The number of carbonyl (C=O) groups excluding carboxylic acids is 1. The van der Waals surface area contributed by atoms with Crippen molar-refractivity contribution >= 4 is 40.3 Å². The van der Waals surface area contributed by atoms with Crippen LogP contribution in [-0.4, -0.2) is 42.0 Å². The standard InChI is InChI=1S/C23H25NO4S2/c1-5-26-20-13-17(14-21-22(25)24(4)23(29)30-21)7-9-19(20)28-11-10-27-18-8-6-15(2)16(3)12-18/h6-9,12-14H,5,10-11H2,1-4H3/b21-14-. The van der Waals surface area contributed by atoms with Crippen molar-refractivity contribution in [2.24, 2.45) is 0 Å². The molecular formula is C23H25NO4S2. The molecule has 1 saturated heterocycles. The van der Waals surface area contributed by atoms with Crippen molar-refractivity contribution in [3.63, 3.8) is 0 Å². The van der Waals surface area contributed by atoms with Gasteiger partial charge < -0.3 is 14.2 Å². The van der Waals surface area contributed by atoms with Gasteiger partial charge in [-0.15, -0.1) is 0 Å². The number of likely N-dealkylation sites (N-methyl/N-ethyl adjacent to an activating group) is 1. The largest absolute Gasteiger partial charge is 0.490 e. The van der Waals surface area contributed by atoms with E-state index in [9.17, 15) is 4.79 Å². The smallest absolute Gasteiger partial charge is 0.265 e. The van der Waals surface area contributed by atoms with Gasteiger partial charge in [0.15, 0.2) is 11.5 Å². The summed E-state index contributed by atoms with van der Waals surface area (Å²) in [5.41, 5.74) is 3.29. The van der Waals surface area contributed by atoms with E-state index in [2.05, 4.69) is 13.8 Å². The van der Waals surface area contributed by atoms with Crippen LogP contribution in [0.2, 0.25) is 0 Å². The third kappa shape index (κ3) is 5.34. The van der Waals surface area contributed by atoms with Gasteiger partial charge in [-0.3, -0.25) is 9.69 Å². The molecule has 1 aliphatic heterocycles. The van der Waals surface area contributed by atoms with E-state index in [-0.39, 0.29) is 5.91 Å². The van der Waals surface area contributed by atoms with Crippen LogP contribution in [0.1, 0.15) is 23.6 Å². The molecule has 1 amide bonds. The molecule has 5 nitrogen and oxygen atoms in total. The fraction of sp³-hybridized carbons (Fsp3) is 0.304. The number of carbonyl (C=O) groups is 1. The summed E-state index contributed by atoms with van der Waals surface area (Å²) in [4.78, 5) is 14.3. The third-order valence-electron chi connectivity index (χ3n) is 4.64. The van der Waals surface area contributed by atoms with Gasteiger partial charge in [-0.2, -0.15) is 0 Å². The maximum absolute atomic E-state index is 12.2. The summed E-state index contributed by atoms with van der Waals surface area (Å²) < 4.78 is 17.9. The van der Waals surface area contributed by atoms with Crippen LogP contribution in [0, 0.1) is 13.8 Å². The molecule has 0 bridgehead atoms. The molecule has 0 aromatic heterocycles. The van der Waals surface area contributed by atoms with Crippen LogP contribution in [-0.2, 0) is 4.79 Å². The Balaban J connectivity index is 1.64. The summed E-state index contributed by atoms with van der Waals surface area (Å²) in [5, 5.41) is 0. The zero-order chi connectivity index (χ0) is 21.7. The molecule has 0 radical (unpaired) electrons. The number of thiocarbonyl (C=S) groups is 1. The number of hydrogen-bond donors (Lipinski definition) is 0. The predicted molar refractivity (Wildman–Crippen MR) is 125 cm³/mol. The molecule has 0 N–H and O–H groups in total. The molecule has 1 heterocycles. The lowest BCUT2D eigenvalue weighted by Gasteiger charge is -2.13. The number of benzene rings is 2. The molecule has 1 fully saturated rings. The number of nitrogens with zero attached hydrogens (tertiary/aromatic N) is 1. The van der Waals surface area contributed by atoms with Crippen LogP contribution in [0.25, 0.3) is 6.08 Å². The van der Waals surface area contributed by atoms with Crippen LogP contribution in [0.5, 0.6) is 17.2 Å². The third-order valence-corrected chi connectivity index (χ3v) is 6.12. The first-order valence-electron chi connectivity index (χ1n) is 9.70. The molecule has 30 heavy (non-hydrogen) atoms. The second-order valence-corrected chi connectivity index (χ2v) is 8.50. The van der Waals surface area contributed by atoms with Gasteiger partial charge in [-0.25, -0.2) is 0 Å². The van der Waals surface area contributed by atoms with Gasteiger partial charge in [0.1, 0.15) is 23.3 Å². The maximum Gasteiger partial charge on any atom is 0.265 e. The van der Waals surface area contributed by atoms with Crippen molar-refractivity contribution in [3.05, 3.63) is 58.0 Å². The van der Waals surface area contributed by atoms with Crippen molar-refractivity contribution in [1.82, 2.24) is 4.90 Å². The summed E-state index contributed by atoms with van der Waals surface area (Å²) in [6.07, 6.45) is 1.82. The highest BCUT2D eigenvalue weighted by Gasteiger charge is 2.28. The SMILES string of the molecule is CCOc1cc(/C=C2\SC(=S)N(C)C2=O)ccc1OCCOc1ccc(C)c(C)c1. The average Bonchev–Trinajstić information content (AvgIpc) is 2.96. The predicted octanol–water partition coefficient (Wildman–Crippen LogP) is 4.99. The number of rotatable bonds is 8. The first-order valence-corrected chi connectivity index (χ1v) is 10.9. The van der Waals surface area contributed by atoms with E-state index in [1.807, 2.05) is 49.4 Å². The zero-order valence-corrected chi connectivity index (χ0v) is 19.2. The quantitative estimate of drug-likeness (QED) is 0.325. The van der Waals surface area contributed by atoms with E-state index < -0.39 is 0 Å². The minimum atomic E-state index is -0.0909. The molecule has 2 aromatic rings. The summed E-state index contributed by atoms with van der Waals surface area (Å²) in [7, 11) is 1.68. The lowest BCUT2D eigenvalue weighted by molar-refractivity contribution is -0.121. The second kappa shape index (κ2) is 10.00. The summed E-state index contributed by atoms with van der Waals surface area (Å²) >= 11 is 6.48. The topological polar surface area (TPSA) is 48.0 Å². The van der Waals surface area contributed by atoms with Crippen molar-refractivity contribution in [1.29, 1.82) is 0 Å². The number of thioether (sulfide) groups is 1. The van der Waals surface area contributed by atoms with Crippen LogP contribution in [0.4, 0.5) is 0 Å². The maximum atomic E-state index is 12.2. The molecule has 0 spiro atoms. The molecule has 0 aliphatic carbocycles. The normalized spacial score (nSPS) is 15.1. The molecule has 2 aromatic carbocycles. The van der Waals surface area contributed by atoms with Crippen LogP contribution < -0.4 is 14.2 Å². The van der Waals surface area contributed by atoms with Gasteiger partial charge >= 0.3 is 0 Å². The monoisotopic (exact) mass is 443 g/mol. The van der Waals surface area contributed by atoms with E-state index >= 15 is 0 Å². The number of ether oxygens (including phenoxy) is 3. The molecule has 0 unspecified atom stereocenters.